The molecule has 3 rings (SSSR count). The van der Waals surface area contributed by atoms with Crippen molar-refractivity contribution in [3.8, 4) is 0 Å². The summed E-state index contributed by atoms with van der Waals surface area (Å²) in [6.45, 7) is 4.03. The molecule has 0 fully saturated rings. The van der Waals surface area contributed by atoms with Crippen LogP contribution in [0.2, 0.25) is 0 Å². The average molecular weight is 376 g/mol. The fourth-order valence-electron chi connectivity index (χ4n) is 3.34. The summed E-state index contributed by atoms with van der Waals surface area (Å²) < 4.78 is 32.4. The Bertz CT molecular complexity index is 917. The molecule has 140 valence electrons. The van der Waals surface area contributed by atoms with Crippen LogP contribution in [0.3, 0.4) is 0 Å². The van der Waals surface area contributed by atoms with Gasteiger partial charge in [-0.2, -0.15) is 0 Å². The van der Waals surface area contributed by atoms with Crippen molar-refractivity contribution in [2.45, 2.75) is 37.0 Å². The van der Waals surface area contributed by atoms with Gasteiger partial charge < -0.3 is 9.32 Å². The van der Waals surface area contributed by atoms with Crippen molar-refractivity contribution in [1.82, 2.24) is 4.31 Å². The summed E-state index contributed by atoms with van der Waals surface area (Å²) in [6.07, 6.45) is 2.96. The molecule has 6 nitrogen and oxygen atoms in total. The number of likely N-dealkylation sites (N-methyl/N-ethyl adjacent to an activating group) is 1. The van der Waals surface area contributed by atoms with E-state index in [-0.39, 0.29) is 10.8 Å². The molecule has 2 aromatic rings. The molecule has 0 N–H and O–H groups in total. The first kappa shape index (κ1) is 18.7. The molecule has 1 amide bonds. The maximum Gasteiger partial charge on any atom is 0.242 e. The van der Waals surface area contributed by atoms with Gasteiger partial charge in [-0.25, -0.2) is 12.7 Å². The van der Waals surface area contributed by atoms with Crippen LogP contribution in [0, 0.1) is 0 Å². The third kappa shape index (κ3) is 3.05. The van der Waals surface area contributed by atoms with Gasteiger partial charge in [-0.1, -0.05) is 0 Å². The Morgan fingerprint density at radius 3 is 2.62 bits per heavy atom. The van der Waals surface area contributed by atoms with Crippen molar-refractivity contribution in [3.63, 3.8) is 0 Å². The molecule has 0 unspecified atom stereocenters. The van der Waals surface area contributed by atoms with Gasteiger partial charge in [0.15, 0.2) is 0 Å². The van der Waals surface area contributed by atoms with Gasteiger partial charge in [-0.05, 0) is 56.2 Å². The van der Waals surface area contributed by atoms with E-state index >= 15 is 0 Å². The van der Waals surface area contributed by atoms with E-state index in [4.69, 9.17) is 4.42 Å². The molecular weight excluding hydrogens is 352 g/mol. The predicted molar refractivity (Wildman–Crippen MR) is 99.7 cm³/mol. The third-order valence-electron chi connectivity index (χ3n) is 5.03. The molecule has 1 aliphatic heterocycles. The molecule has 0 saturated heterocycles. The van der Waals surface area contributed by atoms with E-state index in [9.17, 15) is 13.2 Å². The first-order chi connectivity index (χ1) is 12.2. The lowest BCUT2D eigenvalue weighted by molar-refractivity contribution is -0.121. The Morgan fingerprint density at radius 2 is 1.96 bits per heavy atom. The second-order valence-corrected chi connectivity index (χ2v) is 9.22. The van der Waals surface area contributed by atoms with Crippen molar-refractivity contribution in [2.75, 3.05) is 25.5 Å². The number of sulfonamides is 1. The fraction of sp³-hybridized carbons (Fsp3) is 0.421. The summed E-state index contributed by atoms with van der Waals surface area (Å²) in [5.74, 6) is 0.811. The number of nitrogens with zero attached hydrogens (tertiary/aromatic N) is 2. The first-order valence-corrected chi connectivity index (χ1v) is 10.0. The molecule has 26 heavy (non-hydrogen) atoms. The van der Waals surface area contributed by atoms with Crippen molar-refractivity contribution in [2.24, 2.45) is 0 Å². The number of benzene rings is 1. The number of aryl methyl sites for hydroxylation is 1. The molecule has 0 bridgehead atoms. The van der Waals surface area contributed by atoms with E-state index in [0.717, 1.165) is 17.0 Å². The minimum Gasteiger partial charge on any atom is -0.469 e. The highest BCUT2D eigenvalue weighted by molar-refractivity contribution is 7.89. The molecule has 1 aromatic carbocycles. The van der Waals surface area contributed by atoms with Gasteiger partial charge in [0.2, 0.25) is 15.9 Å². The highest BCUT2D eigenvalue weighted by Gasteiger charge is 2.42. The standard InChI is InChI=1S/C19H24N2O4S/c1-19(2)16-13-15(9-10-17(16)21(4)18(19)22)26(23,24)20(3)11-5-7-14-8-6-12-25-14/h6,8-10,12-13H,5,7,11H2,1-4H3. The van der Waals surface area contributed by atoms with Gasteiger partial charge in [0.25, 0.3) is 0 Å². The van der Waals surface area contributed by atoms with Gasteiger partial charge in [0.1, 0.15) is 5.76 Å². The number of carbonyl (C=O) groups is 1. The van der Waals surface area contributed by atoms with E-state index in [1.165, 1.54) is 4.31 Å². The van der Waals surface area contributed by atoms with E-state index in [2.05, 4.69) is 0 Å². The van der Waals surface area contributed by atoms with Gasteiger partial charge in [0, 0.05) is 32.7 Å². The molecule has 2 heterocycles. The number of anilines is 1. The lowest BCUT2D eigenvalue weighted by Gasteiger charge is -2.19. The molecule has 0 aliphatic carbocycles. The van der Waals surface area contributed by atoms with Crippen molar-refractivity contribution < 1.29 is 17.6 Å². The fourth-order valence-corrected chi connectivity index (χ4v) is 4.58. The molecule has 0 radical (unpaired) electrons. The number of amides is 1. The lowest BCUT2D eigenvalue weighted by atomic mass is 9.86. The van der Waals surface area contributed by atoms with Crippen LogP contribution in [0.25, 0.3) is 0 Å². The van der Waals surface area contributed by atoms with Crippen LogP contribution in [-0.4, -0.2) is 39.3 Å². The molecule has 0 spiro atoms. The number of carbonyl (C=O) groups excluding carboxylic acids is 1. The zero-order valence-electron chi connectivity index (χ0n) is 15.5. The zero-order chi connectivity index (χ0) is 19.1. The van der Waals surface area contributed by atoms with E-state index < -0.39 is 15.4 Å². The Kier molecular flexibility index (Phi) is 4.71. The van der Waals surface area contributed by atoms with Crippen LogP contribution in [0.5, 0.6) is 0 Å². The van der Waals surface area contributed by atoms with E-state index in [1.54, 1.807) is 43.5 Å². The lowest BCUT2D eigenvalue weighted by Crippen LogP contribution is -2.33. The van der Waals surface area contributed by atoms with Crippen molar-refractivity contribution in [3.05, 3.63) is 47.9 Å². The van der Waals surface area contributed by atoms with Crippen LogP contribution in [0.15, 0.2) is 45.9 Å². The summed E-state index contributed by atoms with van der Waals surface area (Å²) in [4.78, 5) is 14.2. The van der Waals surface area contributed by atoms with Gasteiger partial charge >= 0.3 is 0 Å². The summed E-state index contributed by atoms with van der Waals surface area (Å²) >= 11 is 0. The largest absolute Gasteiger partial charge is 0.469 e. The summed E-state index contributed by atoms with van der Waals surface area (Å²) in [6, 6.07) is 8.62. The minimum absolute atomic E-state index is 0.0335. The third-order valence-corrected chi connectivity index (χ3v) is 6.88. The monoisotopic (exact) mass is 376 g/mol. The predicted octanol–water partition coefficient (Wildman–Crippen LogP) is 2.79. The van der Waals surface area contributed by atoms with Crippen LogP contribution in [-0.2, 0) is 26.7 Å². The Labute approximate surface area is 154 Å². The summed E-state index contributed by atoms with van der Waals surface area (Å²) in [5.41, 5.74) is 0.780. The van der Waals surface area contributed by atoms with Crippen LogP contribution < -0.4 is 4.90 Å². The maximum absolute atomic E-state index is 12.9. The average Bonchev–Trinajstić information content (AvgIpc) is 3.17. The molecule has 7 heteroatoms. The molecule has 1 aliphatic rings. The normalized spacial score (nSPS) is 16.3. The maximum atomic E-state index is 12.9. The molecule has 0 atom stereocenters. The Hall–Kier alpha value is -2.12. The number of hydrogen-bond acceptors (Lipinski definition) is 4. The first-order valence-electron chi connectivity index (χ1n) is 8.57. The number of hydrogen-bond donors (Lipinski definition) is 0. The Balaban J connectivity index is 1.79. The molecule has 1 aromatic heterocycles. The number of rotatable bonds is 6. The highest BCUT2D eigenvalue weighted by Crippen LogP contribution is 2.41. The van der Waals surface area contributed by atoms with Gasteiger partial charge in [-0.15, -0.1) is 0 Å². The van der Waals surface area contributed by atoms with Crippen LogP contribution in [0.4, 0.5) is 5.69 Å². The Morgan fingerprint density at radius 1 is 1.23 bits per heavy atom. The van der Waals surface area contributed by atoms with Crippen LogP contribution >= 0.6 is 0 Å². The van der Waals surface area contributed by atoms with Gasteiger partial charge in [0.05, 0.1) is 16.6 Å². The summed E-state index contributed by atoms with van der Waals surface area (Å²) in [7, 11) is -0.324. The van der Waals surface area contributed by atoms with Crippen molar-refractivity contribution >= 4 is 21.6 Å². The van der Waals surface area contributed by atoms with Crippen LogP contribution in [0.1, 0.15) is 31.6 Å². The highest BCUT2D eigenvalue weighted by atomic mass is 32.2. The van der Waals surface area contributed by atoms with Gasteiger partial charge in [-0.3, -0.25) is 4.79 Å². The minimum atomic E-state index is -3.61. The smallest absolute Gasteiger partial charge is 0.242 e. The molecular formula is C19H24N2O4S. The quantitative estimate of drug-likeness (QED) is 0.777. The zero-order valence-corrected chi connectivity index (χ0v) is 16.3. The number of fused-ring (bicyclic) bond motifs is 1. The van der Waals surface area contributed by atoms with Crippen molar-refractivity contribution in [1.29, 1.82) is 0 Å². The van der Waals surface area contributed by atoms with E-state index in [0.29, 0.717) is 19.4 Å². The molecule has 0 saturated carbocycles. The second-order valence-electron chi connectivity index (χ2n) is 7.18. The number of furan rings is 1. The SMILES string of the molecule is CN1C(=O)C(C)(C)c2cc(S(=O)(=O)N(C)CCCc3ccco3)ccc21. The topological polar surface area (TPSA) is 70.8 Å². The second kappa shape index (κ2) is 6.55. The summed E-state index contributed by atoms with van der Waals surface area (Å²) in [5, 5.41) is 0. The van der Waals surface area contributed by atoms with E-state index in [1.807, 2.05) is 26.0 Å².